The summed E-state index contributed by atoms with van der Waals surface area (Å²) >= 11 is 0. The highest BCUT2D eigenvalue weighted by molar-refractivity contribution is 14.0. The molecule has 28 heavy (non-hydrogen) atoms. The van der Waals surface area contributed by atoms with Gasteiger partial charge in [-0.25, -0.2) is 0 Å². The van der Waals surface area contributed by atoms with E-state index in [1.165, 1.54) is 18.5 Å². The summed E-state index contributed by atoms with van der Waals surface area (Å²) in [6, 6.07) is 16.2. The first kappa shape index (κ1) is 22.5. The third-order valence-corrected chi connectivity index (χ3v) is 4.91. The van der Waals surface area contributed by atoms with Crippen LogP contribution < -0.4 is 15.4 Å². The van der Waals surface area contributed by atoms with Gasteiger partial charge in [0.1, 0.15) is 11.5 Å². The molecule has 152 valence electrons. The van der Waals surface area contributed by atoms with Crippen LogP contribution in [0, 0.1) is 12.8 Å². The van der Waals surface area contributed by atoms with Crippen molar-refractivity contribution in [1.82, 2.24) is 15.5 Å². The summed E-state index contributed by atoms with van der Waals surface area (Å²) in [5, 5.41) is 6.87. The predicted octanol–water partition coefficient (Wildman–Crippen LogP) is 4.02. The number of hydrogen-bond acceptors (Lipinski definition) is 3. The fraction of sp³-hybridized carbons (Fsp3) is 0.409. The summed E-state index contributed by atoms with van der Waals surface area (Å²) in [7, 11) is 3.99. The minimum Gasteiger partial charge on any atom is -0.457 e. The average molecular weight is 494 g/mol. The number of nitrogens with one attached hydrogen (secondary N) is 2. The number of para-hydroxylation sites is 1. The smallest absolute Gasteiger partial charge is 0.191 e. The summed E-state index contributed by atoms with van der Waals surface area (Å²) in [6.45, 7) is 6.02. The number of likely N-dealkylation sites (tertiary alicyclic amines) is 1. The third kappa shape index (κ3) is 6.67. The largest absolute Gasteiger partial charge is 0.457 e. The number of rotatable bonds is 6. The quantitative estimate of drug-likeness (QED) is 0.362. The summed E-state index contributed by atoms with van der Waals surface area (Å²) in [5.74, 6) is 3.24. The van der Waals surface area contributed by atoms with Gasteiger partial charge in [-0.15, -0.1) is 24.0 Å². The fourth-order valence-corrected chi connectivity index (χ4v) is 3.35. The molecule has 0 radical (unpaired) electrons. The molecular weight excluding hydrogens is 463 g/mol. The molecule has 0 aromatic heterocycles. The van der Waals surface area contributed by atoms with Crippen molar-refractivity contribution in [3.05, 3.63) is 59.7 Å². The Morgan fingerprint density at radius 2 is 1.96 bits per heavy atom. The molecule has 0 bridgehead atoms. The van der Waals surface area contributed by atoms with Crippen LogP contribution in [0.1, 0.15) is 17.5 Å². The summed E-state index contributed by atoms with van der Waals surface area (Å²) in [6.07, 6.45) is 1.24. The van der Waals surface area contributed by atoms with Gasteiger partial charge in [0, 0.05) is 32.2 Å². The summed E-state index contributed by atoms with van der Waals surface area (Å²) < 4.78 is 6.10. The second kappa shape index (κ2) is 11.3. The number of halogens is 1. The maximum atomic E-state index is 6.10. The zero-order chi connectivity index (χ0) is 19.1. The summed E-state index contributed by atoms with van der Waals surface area (Å²) in [5.41, 5.74) is 2.28. The molecule has 1 aliphatic heterocycles. The van der Waals surface area contributed by atoms with Gasteiger partial charge in [0.05, 0.1) is 0 Å². The van der Waals surface area contributed by atoms with Crippen LogP contribution in [0.5, 0.6) is 11.5 Å². The molecule has 2 N–H and O–H groups in total. The fourth-order valence-electron chi connectivity index (χ4n) is 3.35. The number of hydrogen-bond donors (Lipinski definition) is 2. The van der Waals surface area contributed by atoms with E-state index in [2.05, 4.69) is 52.7 Å². The second-order valence-corrected chi connectivity index (χ2v) is 7.25. The SMILES string of the molecule is CN=C(NCc1ccc(C)cc1Oc1ccccc1)NCC1CCN(C)C1.I. The van der Waals surface area contributed by atoms with E-state index in [0.29, 0.717) is 12.5 Å². The van der Waals surface area contributed by atoms with Crippen molar-refractivity contribution in [2.24, 2.45) is 10.9 Å². The van der Waals surface area contributed by atoms with Crippen LogP contribution in [0.15, 0.2) is 53.5 Å². The van der Waals surface area contributed by atoms with Crippen molar-refractivity contribution in [2.45, 2.75) is 19.9 Å². The molecule has 1 atom stereocenters. The van der Waals surface area contributed by atoms with Crippen molar-refractivity contribution >= 4 is 29.9 Å². The van der Waals surface area contributed by atoms with Crippen LogP contribution in [0.25, 0.3) is 0 Å². The highest BCUT2D eigenvalue weighted by Crippen LogP contribution is 2.26. The molecule has 1 fully saturated rings. The van der Waals surface area contributed by atoms with E-state index in [1.54, 1.807) is 0 Å². The minimum absolute atomic E-state index is 0. The highest BCUT2D eigenvalue weighted by atomic mass is 127. The van der Waals surface area contributed by atoms with Crippen molar-refractivity contribution in [2.75, 3.05) is 33.7 Å². The molecular formula is C22H31IN4O. The van der Waals surface area contributed by atoms with Crippen LogP contribution in [0.4, 0.5) is 0 Å². The van der Waals surface area contributed by atoms with Gasteiger partial charge < -0.3 is 20.3 Å². The monoisotopic (exact) mass is 494 g/mol. The molecule has 1 aliphatic rings. The lowest BCUT2D eigenvalue weighted by Gasteiger charge is -2.17. The lowest BCUT2D eigenvalue weighted by atomic mass is 10.1. The number of benzene rings is 2. The lowest BCUT2D eigenvalue weighted by molar-refractivity contribution is 0.394. The molecule has 5 nitrogen and oxygen atoms in total. The Morgan fingerprint density at radius 3 is 2.64 bits per heavy atom. The van der Waals surface area contributed by atoms with E-state index in [1.807, 2.05) is 37.4 Å². The predicted molar refractivity (Wildman–Crippen MR) is 127 cm³/mol. The molecule has 1 heterocycles. The van der Waals surface area contributed by atoms with Gasteiger partial charge in [-0.2, -0.15) is 0 Å². The van der Waals surface area contributed by atoms with Crippen molar-refractivity contribution < 1.29 is 4.74 Å². The standard InChI is InChI=1S/C22H30N4O.HI/c1-17-9-10-19(21(13-17)27-20-7-5-4-6-8-20)15-25-22(23-2)24-14-18-11-12-26(3)16-18;/h4-10,13,18H,11-12,14-16H2,1-3H3,(H2,23,24,25);1H. The first-order valence-corrected chi connectivity index (χ1v) is 9.59. The summed E-state index contributed by atoms with van der Waals surface area (Å²) in [4.78, 5) is 6.73. The Kier molecular flexibility index (Phi) is 9.05. The molecule has 2 aromatic carbocycles. The highest BCUT2D eigenvalue weighted by Gasteiger charge is 2.19. The first-order valence-electron chi connectivity index (χ1n) is 9.59. The van der Waals surface area contributed by atoms with Crippen molar-refractivity contribution in [3.8, 4) is 11.5 Å². The number of guanidine groups is 1. The van der Waals surface area contributed by atoms with Crippen LogP contribution in [-0.2, 0) is 6.54 Å². The van der Waals surface area contributed by atoms with Gasteiger partial charge in [0.2, 0.25) is 0 Å². The van der Waals surface area contributed by atoms with Gasteiger partial charge >= 0.3 is 0 Å². The first-order chi connectivity index (χ1) is 13.1. The topological polar surface area (TPSA) is 48.9 Å². The Hall–Kier alpha value is -1.80. The van der Waals surface area contributed by atoms with E-state index in [4.69, 9.17) is 4.74 Å². The van der Waals surface area contributed by atoms with E-state index in [0.717, 1.165) is 36.1 Å². The van der Waals surface area contributed by atoms with E-state index >= 15 is 0 Å². The molecule has 3 rings (SSSR count). The Bertz CT molecular complexity index is 766. The van der Waals surface area contributed by atoms with Crippen LogP contribution in [0.2, 0.25) is 0 Å². The third-order valence-electron chi connectivity index (χ3n) is 4.91. The Labute approximate surface area is 185 Å². The van der Waals surface area contributed by atoms with Gasteiger partial charge in [0.25, 0.3) is 0 Å². The normalized spacial score (nSPS) is 17.1. The maximum absolute atomic E-state index is 6.10. The van der Waals surface area contributed by atoms with Gasteiger partial charge in [-0.1, -0.05) is 30.3 Å². The molecule has 1 saturated heterocycles. The van der Waals surface area contributed by atoms with Gasteiger partial charge in [0.15, 0.2) is 5.96 Å². The molecule has 2 aromatic rings. The molecule has 0 aliphatic carbocycles. The minimum atomic E-state index is 0. The van der Waals surface area contributed by atoms with Crippen molar-refractivity contribution in [1.29, 1.82) is 0 Å². The zero-order valence-corrected chi connectivity index (χ0v) is 19.3. The Balaban J connectivity index is 0.00000280. The molecule has 1 unspecified atom stereocenters. The number of ether oxygens (including phenoxy) is 1. The van der Waals surface area contributed by atoms with Crippen LogP contribution in [0.3, 0.4) is 0 Å². The van der Waals surface area contributed by atoms with E-state index in [9.17, 15) is 0 Å². The second-order valence-electron chi connectivity index (χ2n) is 7.25. The van der Waals surface area contributed by atoms with Gasteiger partial charge in [-0.3, -0.25) is 4.99 Å². The van der Waals surface area contributed by atoms with Crippen LogP contribution >= 0.6 is 24.0 Å². The molecule has 0 saturated carbocycles. The van der Waals surface area contributed by atoms with E-state index < -0.39 is 0 Å². The zero-order valence-electron chi connectivity index (χ0n) is 16.9. The number of nitrogens with zero attached hydrogens (tertiary/aromatic N) is 2. The van der Waals surface area contributed by atoms with Crippen LogP contribution in [-0.4, -0.2) is 44.6 Å². The molecule has 6 heteroatoms. The molecule has 0 spiro atoms. The van der Waals surface area contributed by atoms with E-state index in [-0.39, 0.29) is 24.0 Å². The maximum Gasteiger partial charge on any atom is 0.191 e. The number of aryl methyl sites for hydroxylation is 1. The lowest BCUT2D eigenvalue weighted by Crippen LogP contribution is -2.39. The van der Waals surface area contributed by atoms with Gasteiger partial charge in [-0.05, 0) is 56.6 Å². The number of aliphatic imine (C=N–C) groups is 1. The van der Waals surface area contributed by atoms with Crippen molar-refractivity contribution in [3.63, 3.8) is 0 Å². The average Bonchev–Trinajstić information content (AvgIpc) is 3.09. The molecule has 0 amide bonds. The Morgan fingerprint density at radius 1 is 1.18 bits per heavy atom.